The Kier molecular flexibility index (Phi) is 4.58. The van der Waals surface area contributed by atoms with Gasteiger partial charge in [-0.3, -0.25) is 4.79 Å². The maximum absolute atomic E-state index is 11.2. The van der Waals surface area contributed by atoms with Gasteiger partial charge in [0.2, 0.25) is 5.91 Å². The van der Waals surface area contributed by atoms with Gasteiger partial charge < -0.3 is 16.4 Å². The van der Waals surface area contributed by atoms with Crippen LogP contribution in [-0.2, 0) is 11.2 Å². The summed E-state index contributed by atoms with van der Waals surface area (Å²) in [6.45, 7) is 2.91. The first-order valence-corrected chi connectivity index (χ1v) is 8.48. The molecule has 0 aliphatic carbocycles. The van der Waals surface area contributed by atoms with Crippen molar-refractivity contribution >= 4 is 11.6 Å². The topological polar surface area (TPSA) is 72.3 Å². The van der Waals surface area contributed by atoms with Gasteiger partial charge in [-0.2, -0.15) is 0 Å². The van der Waals surface area contributed by atoms with Crippen LogP contribution in [0.1, 0.15) is 36.8 Å². The van der Waals surface area contributed by atoms with E-state index in [0.717, 1.165) is 13.0 Å². The lowest BCUT2D eigenvalue weighted by atomic mass is 9.87. The van der Waals surface area contributed by atoms with Crippen molar-refractivity contribution in [2.24, 2.45) is 11.5 Å². The Morgan fingerprint density at radius 2 is 1.79 bits per heavy atom. The van der Waals surface area contributed by atoms with Gasteiger partial charge in [-0.1, -0.05) is 48.5 Å². The Balaban J connectivity index is 1.84. The predicted octanol–water partition coefficient (Wildman–Crippen LogP) is 2.77. The highest BCUT2D eigenvalue weighted by atomic mass is 16.1. The van der Waals surface area contributed by atoms with Crippen molar-refractivity contribution in [3.8, 4) is 0 Å². The van der Waals surface area contributed by atoms with Crippen molar-refractivity contribution in [2.75, 3.05) is 11.4 Å². The minimum absolute atomic E-state index is 0.108. The van der Waals surface area contributed by atoms with Crippen LogP contribution >= 0.6 is 0 Å². The van der Waals surface area contributed by atoms with Crippen LogP contribution in [0.15, 0.2) is 54.6 Å². The van der Waals surface area contributed by atoms with Crippen LogP contribution in [0.2, 0.25) is 0 Å². The number of primary amides is 1. The standard InChI is InChI=1S/C20H25N3O/c1-20(22)17(11-12-19(21)24)16-9-5-6-10-18(16)23(20)14-13-15-7-3-2-4-8-15/h2-10,17H,11-14,22H2,1H3,(H2,21,24). The average Bonchev–Trinajstić information content (AvgIpc) is 2.78. The molecular weight excluding hydrogens is 298 g/mol. The molecule has 4 N–H and O–H groups in total. The molecule has 126 valence electrons. The summed E-state index contributed by atoms with van der Waals surface area (Å²) in [6.07, 6.45) is 1.98. The number of anilines is 1. The minimum atomic E-state index is -0.520. The van der Waals surface area contributed by atoms with E-state index in [0.29, 0.717) is 12.8 Å². The number of carbonyl (C=O) groups is 1. The molecule has 4 heteroatoms. The van der Waals surface area contributed by atoms with Gasteiger partial charge >= 0.3 is 0 Å². The summed E-state index contributed by atoms with van der Waals surface area (Å²) in [4.78, 5) is 13.5. The number of benzene rings is 2. The lowest BCUT2D eigenvalue weighted by Gasteiger charge is -2.38. The van der Waals surface area contributed by atoms with E-state index >= 15 is 0 Å². The molecule has 1 amide bonds. The molecule has 0 bridgehead atoms. The molecule has 0 aromatic heterocycles. The van der Waals surface area contributed by atoms with Crippen molar-refractivity contribution in [3.05, 3.63) is 65.7 Å². The van der Waals surface area contributed by atoms with E-state index < -0.39 is 5.66 Å². The van der Waals surface area contributed by atoms with E-state index in [1.54, 1.807) is 0 Å². The zero-order valence-corrected chi connectivity index (χ0v) is 14.1. The van der Waals surface area contributed by atoms with Gasteiger partial charge in [0.1, 0.15) is 0 Å². The number of fused-ring (bicyclic) bond motifs is 1. The summed E-state index contributed by atoms with van der Waals surface area (Å²) in [5.41, 5.74) is 15.3. The van der Waals surface area contributed by atoms with E-state index in [1.165, 1.54) is 16.8 Å². The van der Waals surface area contributed by atoms with E-state index in [9.17, 15) is 4.79 Å². The molecule has 0 saturated carbocycles. The Hall–Kier alpha value is -2.33. The van der Waals surface area contributed by atoms with E-state index in [1.807, 2.05) is 18.2 Å². The molecule has 2 unspecified atom stereocenters. The molecule has 0 fully saturated rings. The third kappa shape index (κ3) is 3.15. The van der Waals surface area contributed by atoms with Crippen molar-refractivity contribution in [1.82, 2.24) is 0 Å². The fraction of sp³-hybridized carbons (Fsp3) is 0.350. The van der Waals surface area contributed by atoms with E-state index in [2.05, 4.69) is 48.2 Å². The van der Waals surface area contributed by atoms with Crippen LogP contribution in [0.5, 0.6) is 0 Å². The monoisotopic (exact) mass is 323 g/mol. The van der Waals surface area contributed by atoms with E-state index in [-0.39, 0.29) is 11.8 Å². The van der Waals surface area contributed by atoms with Crippen LogP contribution < -0.4 is 16.4 Å². The predicted molar refractivity (Wildman–Crippen MR) is 97.7 cm³/mol. The largest absolute Gasteiger partial charge is 0.370 e. The first-order chi connectivity index (χ1) is 11.5. The second kappa shape index (κ2) is 6.65. The summed E-state index contributed by atoms with van der Waals surface area (Å²) < 4.78 is 0. The maximum atomic E-state index is 11.2. The number of hydrogen-bond donors (Lipinski definition) is 2. The Bertz CT molecular complexity index is 712. The Labute approximate surface area is 143 Å². The molecular formula is C20H25N3O. The lowest BCUT2D eigenvalue weighted by molar-refractivity contribution is -0.118. The molecule has 0 spiro atoms. The lowest BCUT2D eigenvalue weighted by Crippen LogP contribution is -2.55. The molecule has 4 nitrogen and oxygen atoms in total. The molecule has 1 heterocycles. The highest BCUT2D eigenvalue weighted by molar-refractivity contribution is 5.74. The van der Waals surface area contributed by atoms with Crippen LogP contribution in [0.4, 0.5) is 5.69 Å². The van der Waals surface area contributed by atoms with Crippen LogP contribution in [0.25, 0.3) is 0 Å². The van der Waals surface area contributed by atoms with Crippen molar-refractivity contribution in [1.29, 1.82) is 0 Å². The number of hydrogen-bond acceptors (Lipinski definition) is 3. The minimum Gasteiger partial charge on any atom is -0.370 e. The normalized spacial score (nSPS) is 22.4. The zero-order chi connectivity index (χ0) is 17.2. The SMILES string of the molecule is CC1(N)C(CCC(N)=O)c2ccccc2N1CCc1ccccc1. The molecule has 24 heavy (non-hydrogen) atoms. The Morgan fingerprint density at radius 1 is 1.12 bits per heavy atom. The van der Waals surface area contributed by atoms with Gasteiger partial charge in [0.25, 0.3) is 0 Å². The Morgan fingerprint density at radius 3 is 2.50 bits per heavy atom. The van der Waals surface area contributed by atoms with Gasteiger partial charge in [0, 0.05) is 24.6 Å². The molecule has 2 aromatic rings. The van der Waals surface area contributed by atoms with Crippen LogP contribution in [0.3, 0.4) is 0 Å². The number of para-hydroxylation sites is 1. The third-order valence-corrected chi connectivity index (χ3v) is 5.04. The fourth-order valence-electron chi connectivity index (χ4n) is 3.77. The number of nitrogens with two attached hydrogens (primary N) is 2. The van der Waals surface area contributed by atoms with Crippen LogP contribution in [0, 0.1) is 0 Å². The van der Waals surface area contributed by atoms with Crippen molar-refractivity contribution < 1.29 is 4.79 Å². The van der Waals surface area contributed by atoms with Gasteiger partial charge in [-0.15, -0.1) is 0 Å². The molecule has 0 radical (unpaired) electrons. The highest BCUT2D eigenvalue weighted by Crippen LogP contribution is 2.47. The van der Waals surface area contributed by atoms with Crippen molar-refractivity contribution in [3.63, 3.8) is 0 Å². The number of carbonyl (C=O) groups excluding carboxylic acids is 1. The second-order valence-corrected chi connectivity index (χ2v) is 6.73. The molecule has 1 aliphatic rings. The quantitative estimate of drug-likeness (QED) is 0.858. The molecule has 1 aliphatic heterocycles. The summed E-state index contributed by atoms with van der Waals surface area (Å²) in [5.74, 6) is -0.164. The van der Waals surface area contributed by atoms with Crippen molar-refractivity contribution in [2.45, 2.75) is 37.8 Å². The molecule has 0 saturated heterocycles. The zero-order valence-electron chi connectivity index (χ0n) is 14.1. The van der Waals surface area contributed by atoms with Gasteiger partial charge in [0.15, 0.2) is 0 Å². The number of nitrogens with zero attached hydrogens (tertiary/aromatic N) is 1. The van der Waals surface area contributed by atoms with Gasteiger partial charge in [-0.05, 0) is 37.0 Å². The van der Waals surface area contributed by atoms with E-state index in [4.69, 9.17) is 11.5 Å². The fourth-order valence-corrected chi connectivity index (χ4v) is 3.77. The smallest absolute Gasteiger partial charge is 0.217 e. The molecule has 3 rings (SSSR count). The van der Waals surface area contributed by atoms with Gasteiger partial charge in [-0.25, -0.2) is 0 Å². The highest BCUT2D eigenvalue weighted by Gasteiger charge is 2.44. The maximum Gasteiger partial charge on any atom is 0.217 e. The summed E-state index contributed by atoms with van der Waals surface area (Å²) >= 11 is 0. The third-order valence-electron chi connectivity index (χ3n) is 5.04. The summed E-state index contributed by atoms with van der Waals surface area (Å²) in [7, 11) is 0. The summed E-state index contributed by atoms with van der Waals surface area (Å²) in [5, 5.41) is 0. The molecule has 2 atom stereocenters. The number of rotatable bonds is 6. The first kappa shape index (κ1) is 16.5. The van der Waals surface area contributed by atoms with Gasteiger partial charge in [0.05, 0.1) is 5.66 Å². The summed E-state index contributed by atoms with van der Waals surface area (Å²) in [6, 6.07) is 18.7. The number of amides is 1. The first-order valence-electron chi connectivity index (χ1n) is 8.48. The molecule has 2 aromatic carbocycles. The average molecular weight is 323 g/mol. The second-order valence-electron chi connectivity index (χ2n) is 6.73. The van der Waals surface area contributed by atoms with Crippen LogP contribution in [-0.4, -0.2) is 18.1 Å².